The summed E-state index contributed by atoms with van der Waals surface area (Å²) in [6.07, 6.45) is 2.56. The molecule has 1 aromatic rings. The number of fused-ring (bicyclic) bond motifs is 1. The summed E-state index contributed by atoms with van der Waals surface area (Å²) in [5.74, 6) is 0.820. The summed E-state index contributed by atoms with van der Waals surface area (Å²) >= 11 is 0. The van der Waals surface area contributed by atoms with E-state index in [-0.39, 0.29) is 0 Å². The summed E-state index contributed by atoms with van der Waals surface area (Å²) in [6.45, 7) is 2.41. The molecule has 1 saturated heterocycles. The van der Waals surface area contributed by atoms with Crippen LogP contribution in [0.3, 0.4) is 0 Å². The average molecular weight is 212 g/mol. The molecule has 0 bridgehead atoms. The molecule has 1 aliphatic carbocycles. The molecule has 1 heterocycles. The molecule has 0 aromatic heterocycles. The highest BCUT2D eigenvalue weighted by molar-refractivity contribution is 5.41. The van der Waals surface area contributed by atoms with E-state index in [1.165, 1.54) is 31.5 Å². The van der Waals surface area contributed by atoms with Crippen LogP contribution in [0.4, 0.5) is 0 Å². The highest BCUT2D eigenvalue weighted by Gasteiger charge is 2.56. The lowest BCUT2D eigenvalue weighted by molar-refractivity contribution is 0.248. The lowest BCUT2D eigenvalue weighted by Gasteiger charge is -2.29. The maximum absolute atomic E-state index is 8.94. The number of nitrogens with zero attached hydrogens (tertiary/aromatic N) is 2. The molecule has 16 heavy (non-hydrogen) atoms. The Morgan fingerprint density at radius 3 is 3.12 bits per heavy atom. The topological polar surface area (TPSA) is 27.0 Å². The molecule has 2 fully saturated rings. The van der Waals surface area contributed by atoms with Crippen LogP contribution in [0.1, 0.15) is 24.0 Å². The van der Waals surface area contributed by atoms with Crippen LogP contribution in [0.2, 0.25) is 0 Å². The van der Waals surface area contributed by atoms with Crippen LogP contribution in [0.25, 0.3) is 0 Å². The molecule has 1 saturated carbocycles. The van der Waals surface area contributed by atoms with Crippen molar-refractivity contribution in [3.05, 3.63) is 35.4 Å². The molecule has 0 amide bonds. The minimum atomic E-state index is 0.416. The Morgan fingerprint density at radius 2 is 2.38 bits per heavy atom. The predicted octanol–water partition coefficient (Wildman–Crippen LogP) is 2.15. The Morgan fingerprint density at radius 1 is 1.50 bits per heavy atom. The summed E-state index contributed by atoms with van der Waals surface area (Å²) in [7, 11) is 2.20. The molecule has 2 nitrogen and oxygen atoms in total. The Labute approximate surface area is 96.5 Å². The van der Waals surface area contributed by atoms with E-state index < -0.39 is 0 Å². The molecule has 3 rings (SSSR count). The van der Waals surface area contributed by atoms with E-state index in [1.807, 2.05) is 12.1 Å². The van der Waals surface area contributed by atoms with Crippen molar-refractivity contribution in [2.24, 2.45) is 5.92 Å². The first-order valence-electron chi connectivity index (χ1n) is 5.94. The van der Waals surface area contributed by atoms with Crippen LogP contribution in [0.5, 0.6) is 0 Å². The van der Waals surface area contributed by atoms with Gasteiger partial charge in [0.2, 0.25) is 0 Å². The van der Waals surface area contributed by atoms with Gasteiger partial charge in [-0.1, -0.05) is 12.1 Å². The number of rotatable bonds is 1. The lowest BCUT2D eigenvalue weighted by Crippen LogP contribution is -2.33. The molecule has 1 aliphatic heterocycles. The van der Waals surface area contributed by atoms with Gasteiger partial charge in [0.05, 0.1) is 11.6 Å². The fraction of sp³-hybridized carbons (Fsp3) is 0.500. The number of benzene rings is 1. The minimum absolute atomic E-state index is 0.416. The van der Waals surface area contributed by atoms with Crippen LogP contribution < -0.4 is 0 Å². The maximum atomic E-state index is 8.94. The molecular formula is C14H16N2. The van der Waals surface area contributed by atoms with Gasteiger partial charge in [-0.05, 0) is 50.0 Å². The Kier molecular flexibility index (Phi) is 2.05. The van der Waals surface area contributed by atoms with E-state index >= 15 is 0 Å². The lowest BCUT2D eigenvalue weighted by atomic mass is 9.86. The van der Waals surface area contributed by atoms with Crippen molar-refractivity contribution < 1.29 is 0 Å². The van der Waals surface area contributed by atoms with Crippen molar-refractivity contribution in [1.29, 1.82) is 5.26 Å². The molecule has 1 aromatic carbocycles. The summed E-state index contributed by atoms with van der Waals surface area (Å²) in [4.78, 5) is 2.42. The zero-order valence-corrected chi connectivity index (χ0v) is 9.61. The monoisotopic (exact) mass is 212 g/mol. The van der Waals surface area contributed by atoms with Gasteiger partial charge in [-0.25, -0.2) is 0 Å². The van der Waals surface area contributed by atoms with Gasteiger partial charge in [-0.15, -0.1) is 0 Å². The molecule has 2 atom stereocenters. The summed E-state index contributed by atoms with van der Waals surface area (Å²) in [6, 6.07) is 10.4. The third-order valence-electron chi connectivity index (χ3n) is 4.27. The first kappa shape index (κ1) is 9.86. The Hall–Kier alpha value is -1.33. The largest absolute Gasteiger partial charge is 0.306 e. The molecule has 0 radical (unpaired) electrons. The van der Waals surface area contributed by atoms with Gasteiger partial charge in [0.25, 0.3) is 0 Å². The fourth-order valence-electron chi connectivity index (χ4n) is 3.18. The van der Waals surface area contributed by atoms with Crippen molar-refractivity contribution in [2.45, 2.75) is 18.3 Å². The zero-order chi connectivity index (χ0) is 11.2. The van der Waals surface area contributed by atoms with Gasteiger partial charge >= 0.3 is 0 Å². The van der Waals surface area contributed by atoms with Crippen molar-refractivity contribution in [3.8, 4) is 6.07 Å². The van der Waals surface area contributed by atoms with Gasteiger partial charge in [-0.3, -0.25) is 0 Å². The van der Waals surface area contributed by atoms with Gasteiger partial charge < -0.3 is 4.90 Å². The number of piperidine rings is 1. The van der Waals surface area contributed by atoms with Gasteiger partial charge in [-0.2, -0.15) is 5.26 Å². The smallest absolute Gasteiger partial charge is 0.0991 e. The molecule has 0 spiro atoms. The highest BCUT2D eigenvalue weighted by atomic mass is 15.1. The van der Waals surface area contributed by atoms with Crippen LogP contribution in [-0.2, 0) is 5.41 Å². The van der Waals surface area contributed by atoms with Crippen LogP contribution in [-0.4, -0.2) is 25.0 Å². The second-order valence-corrected chi connectivity index (χ2v) is 5.26. The SMILES string of the molecule is CN1CCC2(c3cccc(C#N)c3)CC2C1. The van der Waals surface area contributed by atoms with E-state index in [0.29, 0.717) is 5.41 Å². The molecule has 2 heteroatoms. The third kappa shape index (κ3) is 1.36. The second kappa shape index (κ2) is 3.33. The van der Waals surface area contributed by atoms with Crippen molar-refractivity contribution >= 4 is 0 Å². The zero-order valence-electron chi connectivity index (χ0n) is 9.61. The van der Waals surface area contributed by atoms with Crippen molar-refractivity contribution in [2.75, 3.05) is 20.1 Å². The number of nitriles is 1. The van der Waals surface area contributed by atoms with Crippen molar-refractivity contribution in [1.82, 2.24) is 4.90 Å². The standard InChI is InChI=1S/C14H16N2/c1-16-6-5-14(8-13(14)10-16)12-4-2-3-11(7-12)9-15/h2-4,7,13H,5-6,8,10H2,1H3. The summed E-state index contributed by atoms with van der Waals surface area (Å²) < 4.78 is 0. The van der Waals surface area contributed by atoms with E-state index in [1.54, 1.807) is 0 Å². The third-order valence-corrected chi connectivity index (χ3v) is 4.27. The Balaban J connectivity index is 1.91. The molecule has 2 unspecified atom stereocenters. The summed E-state index contributed by atoms with van der Waals surface area (Å²) in [5.41, 5.74) is 2.61. The molecule has 0 N–H and O–H groups in total. The fourth-order valence-corrected chi connectivity index (χ4v) is 3.18. The van der Waals surface area contributed by atoms with Crippen LogP contribution >= 0.6 is 0 Å². The molecular weight excluding hydrogens is 196 g/mol. The van der Waals surface area contributed by atoms with Crippen LogP contribution in [0.15, 0.2) is 24.3 Å². The normalized spacial score (nSPS) is 32.9. The minimum Gasteiger partial charge on any atom is -0.306 e. The number of hydrogen-bond acceptors (Lipinski definition) is 2. The number of likely N-dealkylation sites (tertiary alicyclic amines) is 1. The van der Waals surface area contributed by atoms with Gasteiger partial charge in [0, 0.05) is 12.0 Å². The average Bonchev–Trinajstić information content (AvgIpc) is 3.04. The van der Waals surface area contributed by atoms with E-state index in [2.05, 4.69) is 30.1 Å². The maximum Gasteiger partial charge on any atom is 0.0991 e. The molecule has 82 valence electrons. The van der Waals surface area contributed by atoms with Gasteiger partial charge in [0.1, 0.15) is 0 Å². The first-order chi connectivity index (χ1) is 7.74. The quantitative estimate of drug-likeness (QED) is 0.713. The van der Waals surface area contributed by atoms with Crippen LogP contribution in [0, 0.1) is 17.2 Å². The highest BCUT2D eigenvalue weighted by Crippen LogP contribution is 2.58. The van der Waals surface area contributed by atoms with Gasteiger partial charge in [0.15, 0.2) is 0 Å². The van der Waals surface area contributed by atoms with Crippen molar-refractivity contribution in [3.63, 3.8) is 0 Å². The van der Waals surface area contributed by atoms with E-state index in [4.69, 9.17) is 5.26 Å². The first-order valence-corrected chi connectivity index (χ1v) is 5.94. The van der Waals surface area contributed by atoms with E-state index in [0.717, 1.165) is 11.5 Å². The second-order valence-electron chi connectivity index (χ2n) is 5.26. The molecule has 2 aliphatic rings. The van der Waals surface area contributed by atoms with E-state index in [9.17, 15) is 0 Å². The predicted molar refractivity (Wildman–Crippen MR) is 63.1 cm³/mol. The number of hydrogen-bond donors (Lipinski definition) is 0. The Bertz CT molecular complexity index is 460. The summed E-state index contributed by atoms with van der Waals surface area (Å²) in [5, 5.41) is 8.94.